The highest BCUT2D eigenvalue weighted by Crippen LogP contribution is 2.45. The third kappa shape index (κ3) is 71.5. The molecular formula is C80H156O17P2. The SMILES string of the molecule is CCCCCCCCCCCCCCCCCCCC(=O)OC[C@H](COP(=O)(O)OC[C@@H](O)COP(=O)(O)OC[C@@H](COC(=O)CCCCCCCCCCC(C)CC)OC(=O)CCCCCCCCCCCC(C)C)OC(=O)CCCCCCCCCCCCCCCCC(C)CC. The average molecular weight is 1450 g/mol. The van der Waals surface area contributed by atoms with Crippen LogP contribution in [-0.2, 0) is 65.4 Å². The van der Waals surface area contributed by atoms with E-state index in [1.165, 1.54) is 225 Å². The van der Waals surface area contributed by atoms with Crippen molar-refractivity contribution in [3.05, 3.63) is 0 Å². The number of hydrogen-bond donors (Lipinski definition) is 3. The van der Waals surface area contributed by atoms with E-state index in [0.29, 0.717) is 25.7 Å². The van der Waals surface area contributed by atoms with Gasteiger partial charge in [0.25, 0.3) is 0 Å². The molecule has 0 bridgehead atoms. The summed E-state index contributed by atoms with van der Waals surface area (Å²) in [5.41, 5.74) is 0. The van der Waals surface area contributed by atoms with E-state index in [0.717, 1.165) is 108 Å². The van der Waals surface area contributed by atoms with Gasteiger partial charge >= 0.3 is 39.5 Å². The summed E-state index contributed by atoms with van der Waals surface area (Å²) in [5.74, 6) is 0.247. The van der Waals surface area contributed by atoms with Crippen LogP contribution in [0.15, 0.2) is 0 Å². The van der Waals surface area contributed by atoms with Gasteiger partial charge in [-0.15, -0.1) is 0 Å². The fourth-order valence-corrected chi connectivity index (χ4v) is 13.8. The van der Waals surface area contributed by atoms with E-state index in [-0.39, 0.29) is 25.7 Å². The highest BCUT2D eigenvalue weighted by Gasteiger charge is 2.30. The van der Waals surface area contributed by atoms with Gasteiger partial charge in [-0.1, -0.05) is 363 Å². The number of carbonyl (C=O) groups is 4. The number of unbranched alkanes of at least 4 members (excludes halogenated alkanes) is 44. The molecule has 0 heterocycles. The summed E-state index contributed by atoms with van der Waals surface area (Å²) in [6.45, 7) is 12.0. The van der Waals surface area contributed by atoms with Crippen molar-refractivity contribution in [2.45, 2.75) is 433 Å². The summed E-state index contributed by atoms with van der Waals surface area (Å²) >= 11 is 0. The topological polar surface area (TPSA) is 237 Å². The molecule has 0 aromatic heterocycles. The molecule has 4 unspecified atom stereocenters. The Balaban J connectivity index is 5.26. The molecule has 588 valence electrons. The summed E-state index contributed by atoms with van der Waals surface area (Å²) in [6, 6.07) is 0. The maximum Gasteiger partial charge on any atom is 0.472 e. The molecule has 0 aliphatic carbocycles. The van der Waals surface area contributed by atoms with Crippen molar-refractivity contribution in [2.24, 2.45) is 17.8 Å². The monoisotopic (exact) mass is 1450 g/mol. The Morgan fingerprint density at radius 1 is 0.293 bits per heavy atom. The number of phosphoric acid groups is 2. The first-order valence-electron chi connectivity index (χ1n) is 41.4. The third-order valence-electron chi connectivity index (χ3n) is 19.4. The van der Waals surface area contributed by atoms with Crippen molar-refractivity contribution < 1.29 is 80.2 Å². The molecule has 0 aromatic rings. The van der Waals surface area contributed by atoms with Gasteiger partial charge in [0.05, 0.1) is 26.4 Å². The summed E-state index contributed by atoms with van der Waals surface area (Å²) in [6.07, 6.45) is 58.1. The average Bonchev–Trinajstić information content (AvgIpc) is 1.09. The minimum atomic E-state index is -4.96. The standard InChI is InChI=1S/C80H156O17P2/c1-8-11-12-13-14-15-16-17-18-19-20-24-27-32-40-47-54-61-77(82)90-67-75(96-79(84)63-56-49-42-33-28-25-22-21-23-26-31-38-45-52-59-72(6)9-2)69-94-98(86,87)92-65-74(81)66-93-99(88,89)95-70-76(97-80(85)64-57-50-43-34-29-30-37-44-51-58-71(4)5)68-91-78(83)62-55-48-41-36-35-39-46-53-60-73(7)10-3/h71-76,81H,8-70H2,1-7H3,(H,86,87)(H,88,89)/t72?,73?,74-,75-,76-/m1/s1. The molecule has 0 aromatic carbocycles. The minimum absolute atomic E-state index is 0.105. The Bertz CT molecular complexity index is 1930. The van der Waals surface area contributed by atoms with Crippen LogP contribution in [0.4, 0.5) is 0 Å². The van der Waals surface area contributed by atoms with Crippen LogP contribution >= 0.6 is 15.6 Å². The first-order chi connectivity index (χ1) is 47.8. The summed E-state index contributed by atoms with van der Waals surface area (Å²) in [4.78, 5) is 73.0. The second-order valence-corrected chi connectivity index (χ2v) is 32.7. The van der Waals surface area contributed by atoms with Gasteiger partial charge in [0.1, 0.15) is 19.3 Å². The van der Waals surface area contributed by atoms with E-state index < -0.39 is 97.5 Å². The molecule has 99 heavy (non-hydrogen) atoms. The van der Waals surface area contributed by atoms with Crippen LogP contribution in [0, 0.1) is 17.8 Å². The van der Waals surface area contributed by atoms with Crippen LogP contribution in [0.25, 0.3) is 0 Å². The van der Waals surface area contributed by atoms with E-state index in [1.807, 2.05) is 0 Å². The number of hydrogen-bond acceptors (Lipinski definition) is 15. The number of aliphatic hydroxyl groups is 1. The lowest BCUT2D eigenvalue weighted by molar-refractivity contribution is -0.161. The van der Waals surface area contributed by atoms with Gasteiger partial charge in [0.2, 0.25) is 0 Å². The number of aliphatic hydroxyl groups excluding tert-OH is 1. The molecule has 0 aliphatic rings. The second kappa shape index (κ2) is 70.4. The highest BCUT2D eigenvalue weighted by molar-refractivity contribution is 7.47. The van der Waals surface area contributed by atoms with Gasteiger partial charge in [0, 0.05) is 25.7 Å². The van der Waals surface area contributed by atoms with Gasteiger partial charge in [-0.3, -0.25) is 37.3 Å². The smallest absolute Gasteiger partial charge is 0.462 e. The highest BCUT2D eigenvalue weighted by atomic mass is 31.2. The van der Waals surface area contributed by atoms with E-state index in [9.17, 15) is 43.2 Å². The third-order valence-corrected chi connectivity index (χ3v) is 21.3. The zero-order valence-electron chi connectivity index (χ0n) is 65.0. The van der Waals surface area contributed by atoms with Crippen LogP contribution < -0.4 is 0 Å². The molecule has 0 saturated carbocycles. The van der Waals surface area contributed by atoms with E-state index >= 15 is 0 Å². The van der Waals surface area contributed by atoms with Crippen LogP contribution in [0.2, 0.25) is 0 Å². The second-order valence-electron chi connectivity index (χ2n) is 29.8. The minimum Gasteiger partial charge on any atom is -0.462 e. The van der Waals surface area contributed by atoms with Crippen molar-refractivity contribution in [1.29, 1.82) is 0 Å². The normalized spacial score (nSPS) is 14.5. The molecule has 0 radical (unpaired) electrons. The Morgan fingerprint density at radius 3 is 0.768 bits per heavy atom. The summed E-state index contributed by atoms with van der Waals surface area (Å²) in [5, 5.41) is 10.6. The van der Waals surface area contributed by atoms with Crippen LogP contribution in [0.5, 0.6) is 0 Å². The Kier molecular flexibility index (Phi) is 69.0. The first-order valence-corrected chi connectivity index (χ1v) is 44.4. The number of esters is 4. The molecular weight excluding hydrogens is 1290 g/mol. The van der Waals surface area contributed by atoms with E-state index in [2.05, 4.69) is 48.5 Å². The fourth-order valence-electron chi connectivity index (χ4n) is 12.2. The molecule has 0 aliphatic heterocycles. The predicted molar refractivity (Wildman–Crippen MR) is 405 cm³/mol. The van der Waals surface area contributed by atoms with E-state index in [1.54, 1.807) is 0 Å². The number of ether oxygens (including phenoxy) is 4. The maximum atomic E-state index is 13.1. The van der Waals surface area contributed by atoms with Crippen molar-refractivity contribution in [1.82, 2.24) is 0 Å². The predicted octanol–water partition coefficient (Wildman–Crippen LogP) is 23.7. The van der Waals surface area contributed by atoms with Gasteiger partial charge in [-0.2, -0.15) is 0 Å². The quantitative estimate of drug-likeness (QED) is 0.0222. The Hall–Kier alpha value is -1.94. The molecule has 3 N–H and O–H groups in total. The van der Waals surface area contributed by atoms with Gasteiger partial charge in [-0.25, -0.2) is 9.13 Å². The van der Waals surface area contributed by atoms with Crippen molar-refractivity contribution in [3.63, 3.8) is 0 Å². The molecule has 19 heteroatoms. The zero-order valence-corrected chi connectivity index (χ0v) is 66.8. The van der Waals surface area contributed by atoms with Gasteiger partial charge in [0.15, 0.2) is 12.2 Å². The molecule has 0 amide bonds. The summed E-state index contributed by atoms with van der Waals surface area (Å²) < 4.78 is 68.7. The number of rotatable bonds is 78. The maximum absolute atomic E-state index is 13.1. The molecule has 7 atom stereocenters. The lowest BCUT2D eigenvalue weighted by atomic mass is 9.99. The molecule has 0 saturated heterocycles. The first kappa shape index (κ1) is 97.1. The molecule has 0 spiro atoms. The van der Waals surface area contributed by atoms with Crippen molar-refractivity contribution in [2.75, 3.05) is 39.6 Å². The molecule has 17 nitrogen and oxygen atoms in total. The van der Waals surface area contributed by atoms with Crippen LogP contribution in [0.3, 0.4) is 0 Å². The fraction of sp³-hybridized carbons (Fsp3) is 0.950. The molecule has 0 fully saturated rings. The Labute approximate surface area is 607 Å². The van der Waals surface area contributed by atoms with Gasteiger partial charge < -0.3 is 33.8 Å². The molecule has 0 rings (SSSR count). The number of carbonyl (C=O) groups excluding carboxylic acids is 4. The van der Waals surface area contributed by atoms with Crippen LogP contribution in [0.1, 0.15) is 414 Å². The van der Waals surface area contributed by atoms with Crippen LogP contribution in [-0.4, -0.2) is 96.7 Å². The van der Waals surface area contributed by atoms with E-state index in [4.69, 9.17) is 37.0 Å². The van der Waals surface area contributed by atoms with Crippen molar-refractivity contribution in [3.8, 4) is 0 Å². The lowest BCUT2D eigenvalue weighted by Gasteiger charge is -2.21. The largest absolute Gasteiger partial charge is 0.472 e. The lowest BCUT2D eigenvalue weighted by Crippen LogP contribution is -2.30. The Morgan fingerprint density at radius 2 is 0.515 bits per heavy atom. The number of phosphoric ester groups is 2. The zero-order chi connectivity index (χ0) is 73.0. The summed E-state index contributed by atoms with van der Waals surface area (Å²) in [7, 11) is -9.92. The van der Waals surface area contributed by atoms with Gasteiger partial charge in [-0.05, 0) is 43.4 Å². The van der Waals surface area contributed by atoms with Crippen molar-refractivity contribution >= 4 is 39.5 Å².